The SMILES string of the molecule is COc1ccc(C(=O)Nc2ccccc2NC(=O)c2ccc(OC)cc2OCCN2CCN(C(=O)OC(C)(C)C)CC2)cc1. The van der Waals surface area contributed by atoms with Crippen LogP contribution in [0.3, 0.4) is 0 Å². The first-order valence-electron chi connectivity index (χ1n) is 14.4. The van der Waals surface area contributed by atoms with Crippen LogP contribution in [0.5, 0.6) is 17.2 Å². The van der Waals surface area contributed by atoms with Crippen molar-refractivity contribution in [2.75, 3.05) is 64.2 Å². The average molecular weight is 605 g/mol. The molecule has 0 aliphatic carbocycles. The summed E-state index contributed by atoms with van der Waals surface area (Å²) >= 11 is 0. The van der Waals surface area contributed by atoms with Crippen LogP contribution < -0.4 is 24.8 Å². The van der Waals surface area contributed by atoms with E-state index in [2.05, 4.69) is 15.5 Å². The summed E-state index contributed by atoms with van der Waals surface area (Å²) in [6.07, 6.45) is -0.303. The van der Waals surface area contributed by atoms with Gasteiger partial charge in [0.05, 0.1) is 31.2 Å². The minimum Gasteiger partial charge on any atom is -0.497 e. The number of hydrogen-bond acceptors (Lipinski definition) is 8. The van der Waals surface area contributed by atoms with E-state index < -0.39 is 11.5 Å². The van der Waals surface area contributed by atoms with Crippen molar-refractivity contribution in [3.63, 3.8) is 0 Å². The number of benzene rings is 3. The Morgan fingerprint density at radius 2 is 1.36 bits per heavy atom. The molecule has 1 heterocycles. The fraction of sp³-hybridized carbons (Fsp3) is 0.364. The number of anilines is 2. The van der Waals surface area contributed by atoms with Gasteiger partial charge in [-0.1, -0.05) is 12.1 Å². The molecule has 3 aromatic rings. The summed E-state index contributed by atoms with van der Waals surface area (Å²) in [6, 6.07) is 18.7. The first-order chi connectivity index (χ1) is 21.1. The maximum absolute atomic E-state index is 13.5. The van der Waals surface area contributed by atoms with Crippen molar-refractivity contribution in [3.05, 3.63) is 77.9 Å². The molecule has 3 amide bonds. The first kappa shape index (κ1) is 32.2. The van der Waals surface area contributed by atoms with Gasteiger partial charge in [0.2, 0.25) is 0 Å². The Balaban J connectivity index is 1.37. The van der Waals surface area contributed by atoms with Gasteiger partial charge in [0.1, 0.15) is 29.5 Å². The molecule has 3 aromatic carbocycles. The van der Waals surface area contributed by atoms with Crippen LogP contribution in [-0.2, 0) is 4.74 Å². The minimum atomic E-state index is -0.532. The van der Waals surface area contributed by atoms with E-state index in [1.165, 1.54) is 0 Å². The second-order valence-electron chi connectivity index (χ2n) is 11.2. The maximum atomic E-state index is 13.5. The molecule has 234 valence electrons. The van der Waals surface area contributed by atoms with Crippen LogP contribution in [-0.4, -0.2) is 86.9 Å². The quantitative estimate of drug-likeness (QED) is 0.327. The molecule has 0 bridgehead atoms. The molecule has 0 saturated carbocycles. The normalized spacial score (nSPS) is 13.5. The summed E-state index contributed by atoms with van der Waals surface area (Å²) in [4.78, 5) is 42.6. The van der Waals surface area contributed by atoms with Crippen LogP contribution in [0, 0.1) is 0 Å². The molecule has 4 rings (SSSR count). The van der Waals surface area contributed by atoms with Crippen LogP contribution in [0.4, 0.5) is 16.2 Å². The van der Waals surface area contributed by atoms with Gasteiger partial charge in [-0.3, -0.25) is 14.5 Å². The molecule has 0 spiro atoms. The van der Waals surface area contributed by atoms with Gasteiger partial charge in [-0.2, -0.15) is 0 Å². The van der Waals surface area contributed by atoms with E-state index in [0.29, 0.717) is 79.1 Å². The highest BCUT2D eigenvalue weighted by atomic mass is 16.6. The van der Waals surface area contributed by atoms with E-state index in [-0.39, 0.29) is 12.0 Å². The largest absolute Gasteiger partial charge is 0.497 e. The van der Waals surface area contributed by atoms with E-state index in [4.69, 9.17) is 18.9 Å². The van der Waals surface area contributed by atoms with Gasteiger partial charge in [0.15, 0.2) is 0 Å². The number of para-hydroxylation sites is 2. The number of hydrogen-bond donors (Lipinski definition) is 2. The number of carbonyl (C=O) groups excluding carboxylic acids is 3. The smallest absolute Gasteiger partial charge is 0.410 e. The van der Waals surface area contributed by atoms with Gasteiger partial charge in [-0.25, -0.2) is 4.79 Å². The Labute approximate surface area is 258 Å². The summed E-state index contributed by atoms with van der Waals surface area (Å²) in [5.41, 5.74) is 1.11. The molecule has 1 aliphatic rings. The fourth-order valence-electron chi connectivity index (χ4n) is 4.53. The van der Waals surface area contributed by atoms with E-state index in [9.17, 15) is 14.4 Å². The van der Waals surface area contributed by atoms with Crippen molar-refractivity contribution in [3.8, 4) is 17.2 Å². The predicted molar refractivity (Wildman–Crippen MR) is 168 cm³/mol. The highest BCUT2D eigenvalue weighted by molar-refractivity contribution is 6.10. The lowest BCUT2D eigenvalue weighted by atomic mass is 10.1. The van der Waals surface area contributed by atoms with Crippen molar-refractivity contribution in [1.82, 2.24) is 9.80 Å². The van der Waals surface area contributed by atoms with E-state index in [1.807, 2.05) is 20.8 Å². The van der Waals surface area contributed by atoms with Gasteiger partial charge in [-0.15, -0.1) is 0 Å². The second-order valence-corrected chi connectivity index (χ2v) is 11.2. The topological polar surface area (TPSA) is 119 Å². The Morgan fingerprint density at radius 1 is 0.773 bits per heavy atom. The average Bonchev–Trinajstić information content (AvgIpc) is 3.01. The molecule has 0 aromatic heterocycles. The molecule has 11 nitrogen and oxygen atoms in total. The molecular formula is C33H40N4O7. The highest BCUT2D eigenvalue weighted by Crippen LogP contribution is 2.28. The van der Waals surface area contributed by atoms with Crippen molar-refractivity contribution in [2.24, 2.45) is 0 Å². The highest BCUT2D eigenvalue weighted by Gasteiger charge is 2.26. The molecule has 1 fully saturated rings. The molecule has 11 heteroatoms. The summed E-state index contributed by atoms with van der Waals surface area (Å²) in [6.45, 7) is 9.01. The van der Waals surface area contributed by atoms with Crippen molar-refractivity contribution in [2.45, 2.75) is 26.4 Å². The number of nitrogens with zero attached hydrogens (tertiary/aromatic N) is 2. The third-order valence-electron chi connectivity index (χ3n) is 6.90. The van der Waals surface area contributed by atoms with Gasteiger partial charge in [-0.05, 0) is 69.3 Å². The van der Waals surface area contributed by atoms with Gasteiger partial charge >= 0.3 is 6.09 Å². The van der Waals surface area contributed by atoms with Gasteiger partial charge < -0.3 is 34.5 Å². The van der Waals surface area contributed by atoms with Crippen LogP contribution >= 0.6 is 0 Å². The molecule has 2 N–H and O–H groups in total. The lowest BCUT2D eigenvalue weighted by Gasteiger charge is -2.35. The Hall–Kier alpha value is -4.77. The fourth-order valence-corrected chi connectivity index (χ4v) is 4.53. The third kappa shape index (κ3) is 8.87. The lowest BCUT2D eigenvalue weighted by molar-refractivity contribution is 0.0137. The molecule has 44 heavy (non-hydrogen) atoms. The van der Waals surface area contributed by atoms with Crippen molar-refractivity contribution < 1.29 is 33.3 Å². The summed E-state index contributed by atoms with van der Waals surface area (Å²) < 4.78 is 22.1. The lowest BCUT2D eigenvalue weighted by Crippen LogP contribution is -2.50. The zero-order chi connectivity index (χ0) is 31.7. The van der Waals surface area contributed by atoms with Crippen LogP contribution in [0.15, 0.2) is 66.7 Å². The number of carbonyl (C=O) groups is 3. The Bertz CT molecular complexity index is 1450. The van der Waals surface area contributed by atoms with E-state index in [1.54, 1.807) is 85.8 Å². The predicted octanol–water partition coefficient (Wildman–Crippen LogP) is 5.14. The summed E-state index contributed by atoms with van der Waals surface area (Å²) in [7, 11) is 3.11. The zero-order valence-electron chi connectivity index (χ0n) is 25.8. The molecule has 0 radical (unpaired) electrons. The first-order valence-corrected chi connectivity index (χ1v) is 14.4. The molecular weight excluding hydrogens is 564 g/mol. The molecule has 0 atom stereocenters. The van der Waals surface area contributed by atoms with Gasteiger partial charge in [0.25, 0.3) is 11.8 Å². The number of piperazine rings is 1. The van der Waals surface area contributed by atoms with Crippen LogP contribution in [0.25, 0.3) is 0 Å². The number of methoxy groups -OCH3 is 2. The monoisotopic (exact) mass is 604 g/mol. The zero-order valence-corrected chi connectivity index (χ0v) is 25.8. The Morgan fingerprint density at radius 3 is 1.95 bits per heavy atom. The third-order valence-corrected chi connectivity index (χ3v) is 6.90. The number of ether oxygens (including phenoxy) is 4. The number of rotatable bonds is 10. The number of amides is 3. The second kappa shape index (κ2) is 14.6. The molecule has 1 saturated heterocycles. The molecule has 0 unspecified atom stereocenters. The van der Waals surface area contributed by atoms with Crippen molar-refractivity contribution in [1.29, 1.82) is 0 Å². The van der Waals surface area contributed by atoms with E-state index >= 15 is 0 Å². The van der Waals surface area contributed by atoms with Crippen molar-refractivity contribution >= 4 is 29.3 Å². The maximum Gasteiger partial charge on any atom is 0.410 e. The summed E-state index contributed by atoms with van der Waals surface area (Å²) in [5.74, 6) is 0.839. The van der Waals surface area contributed by atoms with Crippen LogP contribution in [0.2, 0.25) is 0 Å². The molecule has 1 aliphatic heterocycles. The van der Waals surface area contributed by atoms with E-state index in [0.717, 1.165) is 0 Å². The van der Waals surface area contributed by atoms with Gasteiger partial charge in [0, 0.05) is 44.4 Å². The standard InChI is InChI=1S/C33H40N4O7/c1-33(2,3)44-32(40)37-18-16-36(17-19-37)20-21-43-29-22-25(42-5)14-15-26(29)31(39)35-28-9-7-6-8-27(28)34-30(38)23-10-12-24(41-4)13-11-23/h6-15,22H,16-21H2,1-5H3,(H,34,38)(H,35,39). The summed E-state index contributed by atoms with van der Waals surface area (Å²) in [5, 5.41) is 5.76. The minimum absolute atomic E-state index is 0.303. The number of nitrogens with one attached hydrogen (secondary N) is 2. The van der Waals surface area contributed by atoms with Crippen LogP contribution in [0.1, 0.15) is 41.5 Å². The Kier molecular flexibility index (Phi) is 10.7.